The quantitative estimate of drug-likeness (QED) is 0.431. The van der Waals surface area contributed by atoms with Gasteiger partial charge >= 0.3 is 0 Å². The largest absolute Gasteiger partial charge is 0.393 e. The maximum Gasteiger partial charge on any atom is 0.0602 e. The van der Waals surface area contributed by atoms with Crippen LogP contribution in [0.5, 0.6) is 0 Å². The van der Waals surface area contributed by atoms with E-state index in [4.69, 9.17) is 0 Å². The van der Waals surface area contributed by atoms with Gasteiger partial charge in [0.05, 0.1) is 17.8 Å². The molecule has 0 aromatic rings. The van der Waals surface area contributed by atoms with Crippen LogP contribution in [0.25, 0.3) is 0 Å². The molecular formula is C29H48O3. The topological polar surface area (TPSA) is 60.7 Å². The zero-order valence-electron chi connectivity index (χ0n) is 21.1. The SMILES string of the molecule is CC(C)(O)CCC[C@](C)(C1CC1)[C@H]1CC[C@H]2/C(=C/C=C3\CC(O)C[C@H](O)C3)CCC[C@@]21C. The van der Waals surface area contributed by atoms with E-state index in [2.05, 4.69) is 26.0 Å². The summed E-state index contributed by atoms with van der Waals surface area (Å²) in [5.74, 6) is 2.35. The molecule has 4 aliphatic rings. The predicted molar refractivity (Wildman–Crippen MR) is 131 cm³/mol. The molecule has 6 atom stereocenters. The van der Waals surface area contributed by atoms with Gasteiger partial charge in [-0.3, -0.25) is 0 Å². The summed E-state index contributed by atoms with van der Waals surface area (Å²) in [6.07, 6.45) is 18.4. The minimum atomic E-state index is -0.554. The number of aliphatic hydroxyl groups is 3. The van der Waals surface area contributed by atoms with E-state index in [1.807, 2.05) is 13.8 Å². The van der Waals surface area contributed by atoms with Gasteiger partial charge in [-0.2, -0.15) is 0 Å². The lowest BCUT2D eigenvalue weighted by molar-refractivity contribution is 0.00448. The minimum Gasteiger partial charge on any atom is -0.393 e. The molecule has 0 bridgehead atoms. The average Bonchev–Trinajstić information content (AvgIpc) is 3.47. The molecule has 4 fully saturated rings. The number of hydrogen-bond acceptors (Lipinski definition) is 3. The van der Waals surface area contributed by atoms with Crippen molar-refractivity contribution < 1.29 is 15.3 Å². The van der Waals surface area contributed by atoms with Crippen LogP contribution in [0.4, 0.5) is 0 Å². The molecule has 0 heterocycles. The lowest BCUT2D eigenvalue weighted by Crippen LogP contribution is -2.42. The average molecular weight is 445 g/mol. The predicted octanol–water partition coefficient (Wildman–Crippen LogP) is 6.32. The number of allylic oxidation sites excluding steroid dienone is 3. The third-order valence-electron chi connectivity index (χ3n) is 9.85. The van der Waals surface area contributed by atoms with E-state index in [1.54, 1.807) is 5.57 Å². The van der Waals surface area contributed by atoms with Gasteiger partial charge in [0.2, 0.25) is 0 Å². The highest BCUT2D eigenvalue weighted by molar-refractivity contribution is 5.27. The Morgan fingerprint density at radius 1 is 0.969 bits per heavy atom. The van der Waals surface area contributed by atoms with E-state index in [1.165, 1.54) is 56.9 Å². The van der Waals surface area contributed by atoms with E-state index in [0.717, 1.165) is 24.7 Å². The van der Waals surface area contributed by atoms with E-state index < -0.39 is 5.60 Å². The normalized spacial score (nSPS) is 40.5. The molecule has 0 aromatic carbocycles. The molecule has 3 nitrogen and oxygen atoms in total. The van der Waals surface area contributed by atoms with Gasteiger partial charge in [0.1, 0.15) is 0 Å². The maximum absolute atomic E-state index is 10.3. The number of hydrogen-bond donors (Lipinski definition) is 3. The first-order valence-corrected chi connectivity index (χ1v) is 13.5. The van der Waals surface area contributed by atoms with Crippen molar-refractivity contribution in [3.8, 4) is 0 Å². The third-order valence-corrected chi connectivity index (χ3v) is 9.85. The molecule has 32 heavy (non-hydrogen) atoms. The Balaban J connectivity index is 1.51. The third kappa shape index (κ3) is 5.20. The van der Waals surface area contributed by atoms with Crippen molar-refractivity contribution in [2.45, 2.75) is 129 Å². The van der Waals surface area contributed by atoms with E-state index in [9.17, 15) is 15.3 Å². The molecule has 0 spiro atoms. The fraction of sp³-hybridized carbons (Fsp3) is 0.862. The van der Waals surface area contributed by atoms with E-state index in [0.29, 0.717) is 36.0 Å². The molecule has 4 rings (SSSR count). The fourth-order valence-electron chi connectivity index (χ4n) is 8.16. The van der Waals surface area contributed by atoms with Crippen LogP contribution in [0.3, 0.4) is 0 Å². The molecule has 0 amide bonds. The second-order valence-corrected chi connectivity index (χ2v) is 13.0. The van der Waals surface area contributed by atoms with Crippen molar-refractivity contribution in [2.24, 2.45) is 28.6 Å². The molecule has 3 N–H and O–H groups in total. The minimum absolute atomic E-state index is 0.389. The van der Waals surface area contributed by atoms with E-state index >= 15 is 0 Å². The molecule has 182 valence electrons. The highest BCUT2D eigenvalue weighted by Gasteiger charge is 2.58. The monoisotopic (exact) mass is 444 g/mol. The van der Waals surface area contributed by atoms with Crippen molar-refractivity contribution in [2.75, 3.05) is 0 Å². The first-order valence-electron chi connectivity index (χ1n) is 13.5. The Morgan fingerprint density at radius 3 is 2.28 bits per heavy atom. The van der Waals surface area contributed by atoms with Crippen LogP contribution in [0.15, 0.2) is 23.3 Å². The zero-order chi connectivity index (χ0) is 23.1. The molecule has 0 aliphatic heterocycles. The summed E-state index contributed by atoms with van der Waals surface area (Å²) >= 11 is 0. The van der Waals surface area contributed by atoms with Crippen LogP contribution in [0, 0.1) is 28.6 Å². The molecule has 0 saturated heterocycles. The van der Waals surface area contributed by atoms with Crippen LogP contribution in [0.1, 0.15) is 111 Å². The molecular weight excluding hydrogens is 396 g/mol. The van der Waals surface area contributed by atoms with Crippen molar-refractivity contribution in [1.29, 1.82) is 0 Å². The highest BCUT2D eigenvalue weighted by atomic mass is 16.3. The molecule has 4 saturated carbocycles. The second kappa shape index (κ2) is 9.19. The Labute approximate surface area is 196 Å². The molecule has 3 heteroatoms. The molecule has 0 aromatic heterocycles. The van der Waals surface area contributed by atoms with Gasteiger partial charge < -0.3 is 15.3 Å². The summed E-state index contributed by atoms with van der Waals surface area (Å²) < 4.78 is 0. The fourth-order valence-corrected chi connectivity index (χ4v) is 8.16. The standard InChI is InChI=1S/C29H48O3/c1-27(2,32)14-6-16-28(3,22-10-11-22)26-13-12-25-21(7-5-15-29(25,26)4)9-8-20-17-23(30)19-24(31)18-20/h8-9,22-26,30-32H,5-7,10-19H2,1-4H3/b20-8-,21-9+/t23-,24?,25+,26-,28-,29+/m1/s1. The Kier molecular flexibility index (Phi) is 7.03. The Morgan fingerprint density at radius 2 is 1.66 bits per heavy atom. The zero-order valence-corrected chi connectivity index (χ0v) is 21.1. The van der Waals surface area contributed by atoms with Crippen LogP contribution in [-0.2, 0) is 0 Å². The van der Waals surface area contributed by atoms with Crippen LogP contribution < -0.4 is 0 Å². The van der Waals surface area contributed by atoms with Gasteiger partial charge in [0.25, 0.3) is 0 Å². The smallest absolute Gasteiger partial charge is 0.0602 e. The number of rotatable bonds is 7. The second-order valence-electron chi connectivity index (χ2n) is 13.0. The summed E-state index contributed by atoms with van der Waals surface area (Å²) in [4.78, 5) is 0. The molecule has 1 unspecified atom stereocenters. The summed E-state index contributed by atoms with van der Waals surface area (Å²) in [7, 11) is 0. The van der Waals surface area contributed by atoms with Crippen LogP contribution >= 0.6 is 0 Å². The van der Waals surface area contributed by atoms with Gasteiger partial charge in [-0.25, -0.2) is 0 Å². The first kappa shape index (κ1) is 24.5. The van der Waals surface area contributed by atoms with Crippen molar-refractivity contribution in [1.82, 2.24) is 0 Å². The highest BCUT2D eigenvalue weighted by Crippen LogP contribution is 2.67. The lowest BCUT2D eigenvalue weighted by Gasteiger charge is -2.50. The van der Waals surface area contributed by atoms with Crippen molar-refractivity contribution in [3.63, 3.8) is 0 Å². The molecule has 0 radical (unpaired) electrons. The van der Waals surface area contributed by atoms with Gasteiger partial charge in [-0.15, -0.1) is 0 Å². The van der Waals surface area contributed by atoms with Gasteiger partial charge in [0.15, 0.2) is 0 Å². The summed E-state index contributed by atoms with van der Waals surface area (Å²) in [6.45, 7) is 9.09. The Hall–Kier alpha value is -0.640. The first-order chi connectivity index (χ1) is 15.0. The van der Waals surface area contributed by atoms with Crippen molar-refractivity contribution >= 4 is 0 Å². The summed E-state index contributed by atoms with van der Waals surface area (Å²) in [5, 5.41) is 30.4. The van der Waals surface area contributed by atoms with Gasteiger partial charge in [-0.1, -0.05) is 43.6 Å². The Bertz CT molecular complexity index is 715. The van der Waals surface area contributed by atoms with Crippen LogP contribution in [-0.4, -0.2) is 33.1 Å². The van der Waals surface area contributed by atoms with Crippen molar-refractivity contribution in [3.05, 3.63) is 23.3 Å². The van der Waals surface area contributed by atoms with Gasteiger partial charge in [-0.05, 0) is 119 Å². The van der Waals surface area contributed by atoms with E-state index in [-0.39, 0.29) is 12.2 Å². The van der Waals surface area contributed by atoms with Crippen LogP contribution in [0.2, 0.25) is 0 Å². The molecule has 4 aliphatic carbocycles. The number of aliphatic hydroxyl groups excluding tert-OH is 2. The lowest BCUT2D eigenvalue weighted by atomic mass is 9.55. The van der Waals surface area contributed by atoms with Gasteiger partial charge in [0, 0.05) is 0 Å². The summed E-state index contributed by atoms with van der Waals surface area (Å²) in [6, 6.07) is 0. The maximum atomic E-state index is 10.3. The number of fused-ring (bicyclic) bond motifs is 1. The summed E-state index contributed by atoms with van der Waals surface area (Å²) in [5.41, 5.74) is 3.08.